The summed E-state index contributed by atoms with van der Waals surface area (Å²) in [5.74, 6) is 1.27. The third-order valence-electron chi connectivity index (χ3n) is 2.38. The maximum Gasteiger partial charge on any atom is 0.206 e. The first-order valence-corrected chi connectivity index (χ1v) is 8.43. The quantitative estimate of drug-likeness (QED) is 0.585. The number of aromatic nitrogens is 3. The molecule has 0 aliphatic rings. The molecule has 98 valence electrons. The van der Waals surface area contributed by atoms with Crippen LogP contribution in [-0.2, 0) is 5.75 Å². The summed E-state index contributed by atoms with van der Waals surface area (Å²) in [6, 6.07) is 5.54. The molecule has 0 aliphatic carbocycles. The second-order valence-electron chi connectivity index (χ2n) is 3.63. The van der Waals surface area contributed by atoms with Crippen LogP contribution in [0.15, 0.2) is 31.3 Å². The Bertz CT molecular complexity index is 709. The molecule has 3 aromatic rings. The molecule has 0 amide bonds. The Morgan fingerprint density at radius 1 is 1.32 bits per heavy atom. The van der Waals surface area contributed by atoms with E-state index in [4.69, 9.17) is 10.2 Å². The molecule has 3 rings (SSSR count). The minimum absolute atomic E-state index is 0.622. The maximum atomic E-state index is 5.85. The van der Waals surface area contributed by atoms with Crippen LogP contribution in [0.1, 0.15) is 5.89 Å². The highest BCUT2D eigenvalue weighted by Gasteiger charge is 2.10. The maximum absolute atomic E-state index is 5.85. The molecule has 0 radical (unpaired) electrons. The molecule has 0 aliphatic heterocycles. The summed E-state index contributed by atoms with van der Waals surface area (Å²) in [6.07, 6.45) is 1.98. The topological polar surface area (TPSA) is 77.8 Å². The van der Waals surface area contributed by atoms with Crippen LogP contribution in [-0.4, -0.2) is 21.4 Å². The van der Waals surface area contributed by atoms with Crippen LogP contribution >= 0.6 is 34.9 Å². The number of fused-ring (bicyclic) bond motifs is 1. The summed E-state index contributed by atoms with van der Waals surface area (Å²) >= 11 is 4.73. The Labute approximate surface area is 122 Å². The van der Waals surface area contributed by atoms with Crippen LogP contribution < -0.4 is 5.73 Å². The Morgan fingerprint density at radius 2 is 2.16 bits per heavy atom. The zero-order valence-electron chi connectivity index (χ0n) is 9.99. The highest BCUT2D eigenvalue weighted by atomic mass is 32.2. The van der Waals surface area contributed by atoms with Crippen molar-refractivity contribution in [1.82, 2.24) is 15.2 Å². The van der Waals surface area contributed by atoms with Crippen LogP contribution in [0.25, 0.3) is 11.1 Å². The molecular formula is C11H10N4OS3. The summed E-state index contributed by atoms with van der Waals surface area (Å²) in [7, 11) is 0. The van der Waals surface area contributed by atoms with Gasteiger partial charge in [-0.2, -0.15) is 0 Å². The van der Waals surface area contributed by atoms with E-state index >= 15 is 0 Å². The van der Waals surface area contributed by atoms with Crippen molar-refractivity contribution in [2.75, 3.05) is 12.0 Å². The number of anilines is 1. The molecule has 0 atom stereocenters. The SMILES string of the molecule is CSc1nnc(SCc2nc3c(N)cccc3o2)s1. The standard InChI is InChI=1S/C11H10N4OS3/c1-17-10-14-15-11(19-10)18-5-8-13-9-6(12)3-2-4-7(9)16-8/h2-4H,5,12H2,1H3. The van der Waals surface area contributed by atoms with Crippen molar-refractivity contribution in [2.24, 2.45) is 0 Å². The highest BCUT2D eigenvalue weighted by molar-refractivity contribution is 8.02. The summed E-state index contributed by atoms with van der Waals surface area (Å²) in [5.41, 5.74) is 7.93. The molecule has 8 heteroatoms. The number of nitrogen functional groups attached to an aromatic ring is 1. The fourth-order valence-electron chi connectivity index (χ4n) is 1.54. The van der Waals surface area contributed by atoms with Gasteiger partial charge in [0.05, 0.1) is 11.4 Å². The first-order chi connectivity index (χ1) is 9.26. The zero-order chi connectivity index (χ0) is 13.2. The molecule has 2 N–H and O–H groups in total. The fraction of sp³-hybridized carbons (Fsp3) is 0.182. The summed E-state index contributed by atoms with van der Waals surface area (Å²) < 4.78 is 7.52. The number of thioether (sulfide) groups is 2. The average Bonchev–Trinajstić information content (AvgIpc) is 3.03. The second kappa shape index (κ2) is 5.40. The number of hydrogen-bond acceptors (Lipinski definition) is 8. The van der Waals surface area contributed by atoms with Gasteiger partial charge in [0.25, 0.3) is 0 Å². The van der Waals surface area contributed by atoms with E-state index in [0.717, 1.165) is 19.8 Å². The monoisotopic (exact) mass is 310 g/mol. The number of rotatable bonds is 4. The largest absolute Gasteiger partial charge is 0.440 e. The molecule has 0 unspecified atom stereocenters. The van der Waals surface area contributed by atoms with Crippen molar-refractivity contribution >= 4 is 51.6 Å². The average molecular weight is 310 g/mol. The van der Waals surface area contributed by atoms with Crippen LogP contribution in [0.3, 0.4) is 0 Å². The lowest BCUT2D eigenvalue weighted by atomic mass is 10.3. The Hall–Kier alpha value is -1.25. The first-order valence-electron chi connectivity index (χ1n) is 5.40. The number of para-hydroxylation sites is 1. The molecule has 0 spiro atoms. The normalized spacial score (nSPS) is 11.2. The van der Waals surface area contributed by atoms with E-state index in [1.54, 1.807) is 34.9 Å². The Morgan fingerprint density at radius 3 is 2.89 bits per heavy atom. The molecule has 2 aromatic heterocycles. The van der Waals surface area contributed by atoms with Gasteiger partial charge in [-0.05, 0) is 18.4 Å². The van der Waals surface area contributed by atoms with E-state index in [1.807, 2.05) is 24.5 Å². The van der Waals surface area contributed by atoms with Crippen LogP contribution in [0.2, 0.25) is 0 Å². The summed E-state index contributed by atoms with van der Waals surface area (Å²) in [5, 5.41) is 8.13. The lowest BCUT2D eigenvalue weighted by Gasteiger charge is -1.90. The molecule has 0 fully saturated rings. The van der Waals surface area contributed by atoms with Gasteiger partial charge in [-0.1, -0.05) is 40.9 Å². The van der Waals surface area contributed by atoms with Gasteiger partial charge in [0.1, 0.15) is 5.52 Å². The van der Waals surface area contributed by atoms with Gasteiger partial charge in [0.15, 0.2) is 14.3 Å². The van der Waals surface area contributed by atoms with Gasteiger partial charge in [0.2, 0.25) is 5.89 Å². The molecule has 0 saturated heterocycles. The number of benzene rings is 1. The molecule has 2 heterocycles. The third-order valence-corrected chi connectivity index (χ3v) is 5.39. The van der Waals surface area contributed by atoms with Gasteiger partial charge in [-0.25, -0.2) is 4.98 Å². The van der Waals surface area contributed by atoms with Crippen molar-refractivity contribution in [1.29, 1.82) is 0 Å². The predicted molar refractivity (Wildman–Crippen MR) is 79.7 cm³/mol. The van der Waals surface area contributed by atoms with E-state index in [0.29, 0.717) is 17.3 Å². The van der Waals surface area contributed by atoms with Crippen molar-refractivity contribution in [3.63, 3.8) is 0 Å². The van der Waals surface area contributed by atoms with Crippen molar-refractivity contribution in [3.8, 4) is 0 Å². The lowest BCUT2D eigenvalue weighted by molar-refractivity contribution is 0.556. The molecule has 0 saturated carbocycles. The highest BCUT2D eigenvalue weighted by Crippen LogP contribution is 2.30. The summed E-state index contributed by atoms with van der Waals surface area (Å²) in [4.78, 5) is 4.39. The van der Waals surface area contributed by atoms with Gasteiger partial charge in [-0.3, -0.25) is 0 Å². The van der Waals surface area contributed by atoms with E-state index in [-0.39, 0.29) is 0 Å². The van der Waals surface area contributed by atoms with Crippen LogP contribution in [0.5, 0.6) is 0 Å². The molecule has 5 nitrogen and oxygen atoms in total. The smallest absolute Gasteiger partial charge is 0.206 e. The number of nitrogens with zero attached hydrogens (tertiary/aromatic N) is 3. The van der Waals surface area contributed by atoms with Gasteiger partial charge in [-0.15, -0.1) is 10.2 Å². The van der Waals surface area contributed by atoms with E-state index in [1.165, 1.54) is 0 Å². The fourth-order valence-corrected chi connectivity index (χ4v) is 3.82. The van der Waals surface area contributed by atoms with Gasteiger partial charge >= 0.3 is 0 Å². The number of oxazole rings is 1. The minimum atomic E-state index is 0.622. The first kappa shape index (κ1) is 12.8. The van der Waals surface area contributed by atoms with Crippen LogP contribution in [0.4, 0.5) is 5.69 Å². The zero-order valence-corrected chi connectivity index (χ0v) is 12.4. The van der Waals surface area contributed by atoms with E-state index in [9.17, 15) is 0 Å². The van der Waals surface area contributed by atoms with Gasteiger partial charge < -0.3 is 10.2 Å². The van der Waals surface area contributed by atoms with Gasteiger partial charge in [0, 0.05) is 0 Å². The Balaban J connectivity index is 1.76. The molecule has 19 heavy (non-hydrogen) atoms. The lowest BCUT2D eigenvalue weighted by Crippen LogP contribution is -1.85. The minimum Gasteiger partial charge on any atom is -0.440 e. The molecule has 0 bridgehead atoms. The van der Waals surface area contributed by atoms with Crippen molar-refractivity contribution < 1.29 is 4.42 Å². The number of nitrogens with two attached hydrogens (primary N) is 1. The van der Waals surface area contributed by atoms with Crippen molar-refractivity contribution in [2.45, 2.75) is 14.4 Å². The summed E-state index contributed by atoms with van der Waals surface area (Å²) in [6.45, 7) is 0. The number of hydrogen-bond donors (Lipinski definition) is 1. The predicted octanol–water partition coefficient (Wildman–Crippen LogP) is 3.28. The van der Waals surface area contributed by atoms with E-state index in [2.05, 4.69) is 15.2 Å². The second-order valence-corrected chi connectivity index (χ2v) is 6.88. The molecular weight excluding hydrogens is 300 g/mol. The van der Waals surface area contributed by atoms with Crippen LogP contribution in [0, 0.1) is 0 Å². The van der Waals surface area contributed by atoms with E-state index < -0.39 is 0 Å². The van der Waals surface area contributed by atoms with Crippen molar-refractivity contribution in [3.05, 3.63) is 24.1 Å². The molecule has 1 aromatic carbocycles. The third kappa shape index (κ3) is 2.70. The Kier molecular flexibility index (Phi) is 3.63.